The minimum Gasteiger partial charge on any atom is -0.316 e. The Balaban J connectivity index is 3.00. The Hall–Kier alpha value is -0.0800. The van der Waals surface area contributed by atoms with Gasteiger partial charge in [-0.1, -0.05) is 26.7 Å². The van der Waals surface area contributed by atoms with E-state index in [4.69, 9.17) is 5.73 Å². The lowest BCUT2D eigenvalue weighted by Crippen LogP contribution is -2.37. The third-order valence-electron chi connectivity index (χ3n) is 1.53. The average Bonchev–Trinajstić information content (AvgIpc) is 1.97. The molecule has 0 aromatic rings. The van der Waals surface area contributed by atoms with Crippen molar-refractivity contribution in [2.75, 3.05) is 6.54 Å². The van der Waals surface area contributed by atoms with Gasteiger partial charge in [0.25, 0.3) is 0 Å². The van der Waals surface area contributed by atoms with E-state index in [2.05, 4.69) is 19.2 Å². The van der Waals surface area contributed by atoms with Crippen LogP contribution < -0.4 is 11.1 Å². The van der Waals surface area contributed by atoms with E-state index < -0.39 is 0 Å². The van der Waals surface area contributed by atoms with Gasteiger partial charge in [0.1, 0.15) is 0 Å². The Morgan fingerprint density at radius 3 is 2.50 bits per heavy atom. The van der Waals surface area contributed by atoms with Crippen molar-refractivity contribution in [1.29, 1.82) is 0 Å². The largest absolute Gasteiger partial charge is 0.316 e. The molecule has 0 saturated carbocycles. The Bertz CT molecular complexity index is 56.3. The summed E-state index contributed by atoms with van der Waals surface area (Å²) in [5, 5.41) is 3.24. The van der Waals surface area contributed by atoms with E-state index in [-0.39, 0.29) is 6.17 Å². The van der Waals surface area contributed by atoms with Crippen molar-refractivity contribution in [3.63, 3.8) is 0 Å². The molecule has 0 rings (SSSR count). The highest BCUT2D eigenvalue weighted by Crippen LogP contribution is 1.94. The van der Waals surface area contributed by atoms with Crippen LogP contribution in [0.15, 0.2) is 0 Å². The zero-order valence-corrected chi connectivity index (χ0v) is 7.19. The highest BCUT2D eigenvalue weighted by molar-refractivity contribution is 4.56. The van der Waals surface area contributed by atoms with Crippen LogP contribution in [0.25, 0.3) is 0 Å². The second-order valence-electron chi connectivity index (χ2n) is 2.70. The number of nitrogens with one attached hydrogen (secondary N) is 1. The van der Waals surface area contributed by atoms with Gasteiger partial charge in [0, 0.05) is 0 Å². The van der Waals surface area contributed by atoms with E-state index in [1.54, 1.807) is 0 Å². The third-order valence-corrected chi connectivity index (χ3v) is 1.53. The van der Waals surface area contributed by atoms with Crippen molar-refractivity contribution in [1.82, 2.24) is 5.32 Å². The first kappa shape index (κ1) is 9.92. The average molecular weight is 144 g/mol. The maximum Gasteiger partial charge on any atom is 0.0546 e. The molecular formula is C8H20N2. The number of nitrogens with two attached hydrogens (primary N) is 1. The van der Waals surface area contributed by atoms with E-state index in [0.29, 0.717) is 0 Å². The SMILES string of the molecule is CCCCC(N)NCCC. The van der Waals surface area contributed by atoms with Gasteiger partial charge in [-0.2, -0.15) is 0 Å². The zero-order chi connectivity index (χ0) is 7.82. The van der Waals surface area contributed by atoms with Crippen LogP contribution in [-0.2, 0) is 0 Å². The molecule has 0 aliphatic rings. The van der Waals surface area contributed by atoms with Crippen LogP contribution in [0.2, 0.25) is 0 Å². The van der Waals surface area contributed by atoms with Gasteiger partial charge in [0.15, 0.2) is 0 Å². The van der Waals surface area contributed by atoms with Gasteiger partial charge in [0.05, 0.1) is 6.17 Å². The minimum absolute atomic E-state index is 0.222. The van der Waals surface area contributed by atoms with E-state index in [1.807, 2.05) is 0 Å². The fraction of sp³-hybridized carbons (Fsp3) is 1.00. The van der Waals surface area contributed by atoms with Crippen molar-refractivity contribution in [3.05, 3.63) is 0 Å². The molecule has 0 heterocycles. The molecule has 0 aromatic heterocycles. The Morgan fingerprint density at radius 1 is 1.30 bits per heavy atom. The Morgan fingerprint density at radius 2 is 2.00 bits per heavy atom. The van der Waals surface area contributed by atoms with Gasteiger partial charge < -0.3 is 11.1 Å². The maximum absolute atomic E-state index is 5.73. The standard InChI is InChI=1S/C8H20N2/c1-3-5-6-8(9)10-7-4-2/h8,10H,3-7,9H2,1-2H3. The highest BCUT2D eigenvalue weighted by atomic mass is 15.0. The molecule has 0 spiro atoms. The summed E-state index contributed by atoms with van der Waals surface area (Å²) >= 11 is 0. The fourth-order valence-corrected chi connectivity index (χ4v) is 0.856. The van der Waals surface area contributed by atoms with E-state index in [9.17, 15) is 0 Å². The summed E-state index contributed by atoms with van der Waals surface area (Å²) in [6.45, 7) is 5.39. The van der Waals surface area contributed by atoms with Crippen molar-refractivity contribution in [2.24, 2.45) is 5.73 Å². The summed E-state index contributed by atoms with van der Waals surface area (Å²) in [4.78, 5) is 0. The molecule has 0 aliphatic heterocycles. The van der Waals surface area contributed by atoms with Crippen molar-refractivity contribution < 1.29 is 0 Å². The molecule has 0 saturated heterocycles. The van der Waals surface area contributed by atoms with Crippen LogP contribution in [0, 0.1) is 0 Å². The summed E-state index contributed by atoms with van der Waals surface area (Å²) in [6, 6.07) is 0. The first-order valence-corrected chi connectivity index (χ1v) is 4.30. The van der Waals surface area contributed by atoms with E-state index in [0.717, 1.165) is 13.0 Å². The third kappa shape index (κ3) is 6.05. The molecule has 0 aromatic carbocycles. The molecule has 1 atom stereocenters. The lowest BCUT2D eigenvalue weighted by molar-refractivity contribution is 0.477. The summed E-state index contributed by atoms with van der Waals surface area (Å²) in [6.07, 6.45) is 4.97. The summed E-state index contributed by atoms with van der Waals surface area (Å²) in [5.74, 6) is 0. The van der Waals surface area contributed by atoms with Crippen LogP contribution in [0.1, 0.15) is 39.5 Å². The Labute approximate surface area is 64.2 Å². The molecule has 0 amide bonds. The molecular weight excluding hydrogens is 124 g/mol. The monoisotopic (exact) mass is 144 g/mol. The van der Waals surface area contributed by atoms with Gasteiger partial charge in [-0.3, -0.25) is 0 Å². The van der Waals surface area contributed by atoms with Crippen molar-refractivity contribution in [2.45, 2.75) is 45.7 Å². The summed E-state index contributed by atoms with van der Waals surface area (Å²) in [5.41, 5.74) is 5.73. The smallest absolute Gasteiger partial charge is 0.0546 e. The van der Waals surface area contributed by atoms with Gasteiger partial charge in [0.2, 0.25) is 0 Å². The Kier molecular flexibility index (Phi) is 6.98. The van der Waals surface area contributed by atoms with Gasteiger partial charge in [-0.05, 0) is 19.4 Å². The number of hydrogen-bond acceptors (Lipinski definition) is 2. The van der Waals surface area contributed by atoms with Crippen molar-refractivity contribution in [3.8, 4) is 0 Å². The van der Waals surface area contributed by atoms with Gasteiger partial charge >= 0.3 is 0 Å². The lowest BCUT2D eigenvalue weighted by atomic mass is 10.2. The van der Waals surface area contributed by atoms with Crippen LogP contribution in [-0.4, -0.2) is 12.7 Å². The second kappa shape index (κ2) is 7.03. The molecule has 62 valence electrons. The number of hydrogen-bond donors (Lipinski definition) is 2. The summed E-state index contributed by atoms with van der Waals surface area (Å²) < 4.78 is 0. The normalized spacial score (nSPS) is 13.5. The highest BCUT2D eigenvalue weighted by Gasteiger charge is 1.97. The second-order valence-corrected chi connectivity index (χ2v) is 2.70. The molecule has 2 nitrogen and oxygen atoms in total. The first-order chi connectivity index (χ1) is 4.81. The van der Waals surface area contributed by atoms with E-state index in [1.165, 1.54) is 19.3 Å². The molecule has 10 heavy (non-hydrogen) atoms. The topological polar surface area (TPSA) is 38.0 Å². The number of rotatable bonds is 6. The predicted molar refractivity (Wildman–Crippen MR) is 45.8 cm³/mol. The van der Waals surface area contributed by atoms with Crippen LogP contribution >= 0.6 is 0 Å². The quantitative estimate of drug-likeness (QED) is 0.554. The molecule has 0 aliphatic carbocycles. The molecule has 2 heteroatoms. The van der Waals surface area contributed by atoms with Crippen LogP contribution in [0.4, 0.5) is 0 Å². The van der Waals surface area contributed by atoms with Crippen LogP contribution in [0.3, 0.4) is 0 Å². The summed E-state index contributed by atoms with van der Waals surface area (Å²) in [7, 11) is 0. The van der Waals surface area contributed by atoms with Crippen LogP contribution in [0.5, 0.6) is 0 Å². The van der Waals surface area contributed by atoms with Gasteiger partial charge in [-0.15, -0.1) is 0 Å². The molecule has 0 fully saturated rings. The molecule has 1 unspecified atom stereocenters. The lowest BCUT2D eigenvalue weighted by Gasteiger charge is -2.11. The molecule has 0 radical (unpaired) electrons. The zero-order valence-electron chi connectivity index (χ0n) is 7.19. The van der Waals surface area contributed by atoms with Crippen molar-refractivity contribution >= 4 is 0 Å². The predicted octanol–water partition coefficient (Wildman–Crippen LogP) is 1.46. The number of unbranched alkanes of at least 4 members (excludes halogenated alkanes) is 1. The molecule has 0 bridgehead atoms. The van der Waals surface area contributed by atoms with Gasteiger partial charge in [-0.25, -0.2) is 0 Å². The molecule has 3 N–H and O–H groups in total. The first-order valence-electron chi connectivity index (χ1n) is 4.30. The minimum atomic E-state index is 0.222. The maximum atomic E-state index is 5.73. The van der Waals surface area contributed by atoms with E-state index >= 15 is 0 Å². The fourth-order valence-electron chi connectivity index (χ4n) is 0.856.